The Morgan fingerprint density at radius 2 is 2.32 bits per heavy atom. The van der Waals surface area contributed by atoms with E-state index in [1.165, 1.54) is 11.3 Å². The second-order valence-corrected chi connectivity index (χ2v) is 5.19. The second-order valence-electron chi connectivity index (χ2n) is 4.16. The molecule has 5 nitrogen and oxygen atoms in total. The zero-order chi connectivity index (χ0) is 13.7. The van der Waals surface area contributed by atoms with Gasteiger partial charge in [0.1, 0.15) is 0 Å². The molecule has 6 heteroatoms. The van der Waals surface area contributed by atoms with Gasteiger partial charge in [0.2, 0.25) is 5.91 Å². The lowest BCUT2D eigenvalue weighted by atomic mass is 10.2. The summed E-state index contributed by atoms with van der Waals surface area (Å²) in [5, 5.41) is 6.43. The van der Waals surface area contributed by atoms with Crippen molar-refractivity contribution in [1.29, 1.82) is 0 Å². The van der Waals surface area contributed by atoms with Gasteiger partial charge in [-0.25, -0.2) is 4.98 Å². The second kappa shape index (κ2) is 6.60. The number of hydrogen-bond acceptors (Lipinski definition) is 5. The van der Waals surface area contributed by atoms with E-state index in [0.717, 1.165) is 15.8 Å². The molecule has 0 aliphatic rings. The highest BCUT2D eigenvalue weighted by Crippen LogP contribution is 2.27. The van der Waals surface area contributed by atoms with Gasteiger partial charge in [-0.1, -0.05) is 23.5 Å². The Kier molecular flexibility index (Phi) is 4.84. The predicted octanol–water partition coefficient (Wildman–Crippen LogP) is 1.78. The average molecular weight is 279 g/mol. The average Bonchev–Trinajstić information content (AvgIpc) is 2.79. The Hall–Kier alpha value is -1.50. The third-order valence-corrected chi connectivity index (χ3v) is 3.57. The number of carbonyl (C=O) groups is 1. The van der Waals surface area contributed by atoms with Gasteiger partial charge in [0, 0.05) is 13.7 Å². The highest BCUT2D eigenvalue weighted by molar-refractivity contribution is 7.22. The lowest BCUT2D eigenvalue weighted by molar-refractivity contribution is -0.115. The number of aromatic nitrogens is 1. The van der Waals surface area contributed by atoms with Crippen LogP contribution in [0.5, 0.6) is 0 Å². The van der Waals surface area contributed by atoms with E-state index in [-0.39, 0.29) is 12.5 Å². The van der Waals surface area contributed by atoms with Crippen LogP contribution in [-0.2, 0) is 9.53 Å². The van der Waals surface area contributed by atoms with Gasteiger partial charge in [-0.2, -0.15) is 0 Å². The zero-order valence-electron chi connectivity index (χ0n) is 11.0. The SMILES string of the molecule is COCCNCC(=O)Nc1nc2c(C)cccc2s1. The van der Waals surface area contributed by atoms with E-state index in [4.69, 9.17) is 4.74 Å². The summed E-state index contributed by atoms with van der Waals surface area (Å²) in [5.74, 6) is -0.0900. The first-order chi connectivity index (χ1) is 9.20. The molecule has 102 valence electrons. The van der Waals surface area contributed by atoms with Crippen molar-refractivity contribution in [1.82, 2.24) is 10.3 Å². The van der Waals surface area contributed by atoms with Crippen molar-refractivity contribution in [2.24, 2.45) is 0 Å². The van der Waals surface area contributed by atoms with Gasteiger partial charge >= 0.3 is 0 Å². The van der Waals surface area contributed by atoms with Crippen LogP contribution >= 0.6 is 11.3 Å². The third kappa shape index (κ3) is 3.73. The van der Waals surface area contributed by atoms with Crippen molar-refractivity contribution in [3.63, 3.8) is 0 Å². The van der Waals surface area contributed by atoms with Gasteiger partial charge in [0.15, 0.2) is 5.13 Å². The standard InChI is InChI=1S/C13H17N3O2S/c1-9-4-3-5-10-12(9)16-13(19-10)15-11(17)8-14-6-7-18-2/h3-5,14H,6-8H2,1-2H3,(H,15,16,17). The van der Waals surface area contributed by atoms with Gasteiger partial charge in [-0.3, -0.25) is 4.79 Å². The number of ether oxygens (including phenoxy) is 1. The fourth-order valence-corrected chi connectivity index (χ4v) is 2.64. The molecule has 1 amide bonds. The van der Waals surface area contributed by atoms with Gasteiger partial charge in [0.25, 0.3) is 0 Å². The normalized spacial score (nSPS) is 10.8. The largest absolute Gasteiger partial charge is 0.383 e. The molecule has 0 saturated heterocycles. The monoisotopic (exact) mass is 279 g/mol. The number of hydrogen-bond donors (Lipinski definition) is 2. The minimum Gasteiger partial charge on any atom is -0.383 e. The van der Waals surface area contributed by atoms with Crippen LogP contribution in [0.15, 0.2) is 18.2 Å². The van der Waals surface area contributed by atoms with E-state index < -0.39 is 0 Å². The van der Waals surface area contributed by atoms with Crippen LogP contribution in [0.1, 0.15) is 5.56 Å². The first-order valence-corrected chi connectivity index (χ1v) is 6.88. The quantitative estimate of drug-likeness (QED) is 0.791. The number of aryl methyl sites for hydroxylation is 1. The lowest BCUT2D eigenvalue weighted by Crippen LogP contribution is -2.30. The Morgan fingerprint density at radius 1 is 1.47 bits per heavy atom. The van der Waals surface area contributed by atoms with Crippen molar-refractivity contribution >= 4 is 32.6 Å². The number of fused-ring (bicyclic) bond motifs is 1. The van der Waals surface area contributed by atoms with E-state index in [9.17, 15) is 4.79 Å². The van der Waals surface area contributed by atoms with Gasteiger partial charge < -0.3 is 15.4 Å². The molecule has 0 saturated carbocycles. The molecule has 0 fully saturated rings. The molecule has 0 spiro atoms. The molecule has 2 aromatic rings. The number of benzene rings is 1. The summed E-state index contributed by atoms with van der Waals surface area (Å²) in [7, 11) is 1.63. The minimum atomic E-state index is -0.0900. The van der Waals surface area contributed by atoms with Crippen LogP contribution in [0.4, 0.5) is 5.13 Å². The van der Waals surface area contributed by atoms with Crippen LogP contribution < -0.4 is 10.6 Å². The summed E-state index contributed by atoms with van der Waals surface area (Å²) >= 11 is 1.49. The Labute approximate surface area is 116 Å². The minimum absolute atomic E-state index is 0.0900. The van der Waals surface area contributed by atoms with Crippen molar-refractivity contribution in [3.05, 3.63) is 23.8 Å². The zero-order valence-corrected chi connectivity index (χ0v) is 11.8. The fraction of sp³-hybridized carbons (Fsp3) is 0.385. The fourth-order valence-electron chi connectivity index (χ4n) is 1.68. The maximum atomic E-state index is 11.7. The first-order valence-electron chi connectivity index (χ1n) is 6.06. The van der Waals surface area contributed by atoms with Crippen LogP contribution in [-0.4, -0.2) is 37.7 Å². The highest BCUT2D eigenvalue weighted by atomic mass is 32.1. The highest BCUT2D eigenvalue weighted by Gasteiger charge is 2.08. The molecule has 2 rings (SSSR count). The lowest BCUT2D eigenvalue weighted by Gasteiger charge is -2.03. The smallest absolute Gasteiger partial charge is 0.240 e. The van der Waals surface area contributed by atoms with Crippen LogP contribution in [0, 0.1) is 6.92 Å². The Morgan fingerprint density at radius 3 is 3.05 bits per heavy atom. The van der Waals surface area contributed by atoms with Gasteiger partial charge in [-0.15, -0.1) is 0 Å². The van der Waals surface area contributed by atoms with Crippen LogP contribution in [0.3, 0.4) is 0 Å². The Bertz CT molecular complexity index is 568. The molecule has 2 N–H and O–H groups in total. The molecule has 0 aliphatic carbocycles. The molecule has 1 aromatic heterocycles. The molecule has 0 atom stereocenters. The maximum absolute atomic E-state index is 11.7. The summed E-state index contributed by atoms with van der Waals surface area (Å²) < 4.78 is 5.98. The number of rotatable bonds is 6. The van der Waals surface area contributed by atoms with Crippen molar-refractivity contribution in [2.45, 2.75) is 6.92 Å². The van der Waals surface area contributed by atoms with Crippen molar-refractivity contribution < 1.29 is 9.53 Å². The summed E-state index contributed by atoms with van der Waals surface area (Å²) in [6, 6.07) is 6.01. The van der Waals surface area contributed by atoms with E-state index >= 15 is 0 Å². The number of nitrogens with one attached hydrogen (secondary N) is 2. The van der Waals surface area contributed by atoms with Gasteiger partial charge in [0.05, 0.1) is 23.4 Å². The molecule has 0 aliphatic heterocycles. The van der Waals surface area contributed by atoms with Gasteiger partial charge in [-0.05, 0) is 18.6 Å². The number of amides is 1. The van der Waals surface area contributed by atoms with E-state index in [0.29, 0.717) is 18.3 Å². The molecule has 0 radical (unpaired) electrons. The molecule has 1 heterocycles. The summed E-state index contributed by atoms with van der Waals surface area (Å²) in [6.07, 6.45) is 0. The third-order valence-electron chi connectivity index (χ3n) is 2.64. The Balaban J connectivity index is 1.94. The topological polar surface area (TPSA) is 63.2 Å². The molecule has 1 aromatic carbocycles. The van der Waals surface area contributed by atoms with Crippen molar-refractivity contribution in [2.75, 3.05) is 32.1 Å². The maximum Gasteiger partial charge on any atom is 0.240 e. The van der Waals surface area contributed by atoms with Crippen LogP contribution in [0.2, 0.25) is 0 Å². The van der Waals surface area contributed by atoms with E-state index in [1.807, 2.05) is 25.1 Å². The molecular weight excluding hydrogens is 262 g/mol. The first kappa shape index (κ1) is 13.9. The van der Waals surface area contributed by atoms with Crippen LogP contribution in [0.25, 0.3) is 10.2 Å². The number of thiazole rings is 1. The number of carbonyl (C=O) groups excluding carboxylic acids is 1. The summed E-state index contributed by atoms with van der Waals surface area (Å²) in [4.78, 5) is 16.1. The molecule has 0 unspecified atom stereocenters. The number of para-hydroxylation sites is 1. The predicted molar refractivity (Wildman–Crippen MR) is 77.7 cm³/mol. The van der Waals surface area contributed by atoms with E-state index in [1.54, 1.807) is 7.11 Å². The summed E-state index contributed by atoms with van der Waals surface area (Å²) in [6.45, 7) is 3.52. The molecule has 19 heavy (non-hydrogen) atoms. The number of methoxy groups -OCH3 is 1. The number of nitrogens with zero attached hydrogens (tertiary/aromatic N) is 1. The number of anilines is 1. The molecular formula is C13H17N3O2S. The van der Waals surface area contributed by atoms with E-state index in [2.05, 4.69) is 15.6 Å². The summed E-state index contributed by atoms with van der Waals surface area (Å²) in [5.41, 5.74) is 2.07. The molecule has 0 bridgehead atoms. The van der Waals surface area contributed by atoms with Crippen molar-refractivity contribution in [3.8, 4) is 0 Å².